The smallest absolute Gasteiger partial charge is 0.278 e. The molecule has 0 aliphatic heterocycles. The minimum atomic E-state index is -0.314. The molecule has 0 aliphatic carbocycles. The Labute approximate surface area is 151 Å². The van der Waals surface area contributed by atoms with E-state index in [4.69, 9.17) is 4.74 Å². The van der Waals surface area contributed by atoms with Crippen molar-refractivity contribution in [2.24, 2.45) is 0 Å². The first-order chi connectivity index (χ1) is 12.4. The Hall–Kier alpha value is -2.80. The number of nitrogens with zero attached hydrogens (tertiary/aromatic N) is 4. The third-order valence-corrected chi connectivity index (χ3v) is 4.56. The van der Waals surface area contributed by atoms with Crippen molar-refractivity contribution in [2.75, 3.05) is 13.7 Å². The Morgan fingerprint density at radius 1 is 1.27 bits per heavy atom. The first-order valence-electron chi connectivity index (χ1n) is 8.47. The molecular formula is C19H22N4O3. The average molecular weight is 354 g/mol. The van der Waals surface area contributed by atoms with E-state index in [1.54, 1.807) is 31.4 Å². The van der Waals surface area contributed by atoms with Crippen molar-refractivity contribution >= 4 is 16.7 Å². The molecule has 0 amide bonds. The number of hydrogen-bond acceptors (Lipinski definition) is 5. The van der Waals surface area contributed by atoms with Gasteiger partial charge in [0.25, 0.3) is 5.56 Å². The normalized spacial score (nSPS) is 12.5. The molecule has 0 aliphatic rings. The molecule has 1 atom stereocenters. The maximum absolute atomic E-state index is 12.8. The van der Waals surface area contributed by atoms with Crippen LogP contribution in [0.2, 0.25) is 0 Å². The molecule has 0 bridgehead atoms. The van der Waals surface area contributed by atoms with Crippen LogP contribution in [-0.2, 0) is 11.3 Å². The standard InChI is InChI=1S/C19H22N4O3/c1-12-9-16(14(3)23(12)13(2)11-26-4)18(24)10-22-19(25)15-7-5-6-8-17(15)20-21-22/h5-9,13H,10-11H2,1-4H3/t13-/m0/s1. The van der Waals surface area contributed by atoms with Gasteiger partial charge in [-0.25, -0.2) is 4.68 Å². The van der Waals surface area contributed by atoms with E-state index >= 15 is 0 Å². The highest BCUT2D eigenvalue weighted by Gasteiger charge is 2.20. The van der Waals surface area contributed by atoms with Crippen molar-refractivity contribution in [3.8, 4) is 0 Å². The highest BCUT2D eigenvalue weighted by molar-refractivity contribution is 5.97. The van der Waals surface area contributed by atoms with Crippen molar-refractivity contribution in [3.63, 3.8) is 0 Å². The first kappa shape index (κ1) is 18.0. The van der Waals surface area contributed by atoms with Crippen LogP contribution >= 0.6 is 0 Å². The first-order valence-corrected chi connectivity index (χ1v) is 8.47. The highest BCUT2D eigenvalue weighted by atomic mass is 16.5. The predicted molar refractivity (Wildman–Crippen MR) is 98.6 cm³/mol. The van der Waals surface area contributed by atoms with E-state index < -0.39 is 0 Å². The summed E-state index contributed by atoms with van der Waals surface area (Å²) >= 11 is 0. The molecule has 2 heterocycles. The number of aryl methyl sites for hydroxylation is 1. The number of ether oxygens (including phenoxy) is 1. The Balaban J connectivity index is 1.93. The summed E-state index contributed by atoms with van der Waals surface area (Å²) in [7, 11) is 1.65. The molecule has 2 aromatic heterocycles. The molecule has 7 nitrogen and oxygen atoms in total. The van der Waals surface area contributed by atoms with E-state index in [1.165, 1.54) is 0 Å². The van der Waals surface area contributed by atoms with Gasteiger partial charge in [-0.05, 0) is 39.0 Å². The lowest BCUT2D eigenvalue weighted by atomic mass is 10.1. The number of rotatable bonds is 6. The van der Waals surface area contributed by atoms with E-state index in [9.17, 15) is 9.59 Å². The molecule has 0 spiro atoms. The number of carbonyl (C=O) groups excluding carboxylic acids is 1. The van der Waals surface area contributed by atoms with Gasteiger partial charge in [-0.15, -0.1) is 5.10 Å². The van der Waals surface area contributed by atoms with Crippen molar-refractivity contribution in [2.45, 2.75) is 33.4 Å². The lowest BCUT2D eigenvalue weighted by Crippen LogP contribution is -2.28. The predicted octanol–water partition coefficient (Wildman–Crippen LogP) is 2.30. The van der Waals surface area contributed by atoms with E-state index in [-0.39, 0.29) is 23.9 Å². The van der Waals surface area contributed by atoms with E-state index in [1.807, 2.05) is 26.8 Å². The maximum atomic E-state index is 12.8. The zero-order valence-electron chi connectivity index (χ0n) is 15.4. The molecule has 0 saturated heterocycles. The Morgan fingerprint density at radius 2 is 2.00 bits per heavy atom. The summed E-state index contributed by atoms with van der Waals surface area (Å²) in [5, 5.41) is 8.38. The van der Waals surface area contributed by atoms with Crippen LogP contribution in [0.3, 0.4) is 0 Å². The largest absolute Gasteiger partial charge is 0.383 e. The number of Topliss-reactive ketones (excluding diaryl/α,β-unsaturated/α-hetero) is 1. The molecule has 0 unspecified atom stereocenters. The SMILES string of the molecule is COC[C@H](C)n1c(C)cc(C(=O)Cn2nnc3ccccc3c2=O)c1C. The zero-order valence-corrected chi connectivity index (χ0v) is 15.4. The third kappa shape index (κ3) is 3.17. The number of aromatic nitrogens is 4. The summed E-state index contributed by atoms with van der Waals surface area (Å²) in [6, 6.07) is 8.93. The summed E-state index contributed by atoms with van der Waals surface area (Å²) in [5.41, 5.74) is 2.64. The van der Waals surface area contributed by atoms with Crippen molar-refractivity contribution in [1.82, 2.24) is 19.6 Å². The second kappa shape index (κ2) is 7.21. The number of methoxy groups -OCH3 is 1. The fraction of sp³-hybridized carbons (Fsp3) is 0.368. The second-order valence-corrected chi connectivity index (χ2v) is 6.45. The van der Waals surface area contributed by atoms with Gasteiger partial charge in [-0.1, -0.05) is 17.3 Å². The Bertz CT molecular complexity index is 1020. The van der Waals surface area contributed by atoms with Gasteiger partial charge < -0.3 is 9.30 Å². The highest BCUT2D eigenvalue weighted by Crippen LogP contribution is 2.21. The maximum Gasteiger partial charge on any atom is 0.278 e. The number of fused-ring (bicyclic) bond motifs is 1. The summed E-state index contributed by atoms with van der Waals surface area (Å²) < 4.78 is 8.42. The van der Waals surface area contributed by atoms with Crippen molar-refractivity contribution < 1.29 is 9.53 Å². The fourth-order valence-corrected chi connectivity index (χ4v) is 3.40. The summed E-state index contributed by atoms with van der Waals surface area (Å²) in [4.78, 5) is 25.3. The quantitative estimate of drug-likeness (QED) is 0.635. The minimum absolute atomic E-state index is 0.115. The van der Waals surface area contributed by atoms with Crippen molar-refractivity contribution in [3.05, 3.63) is 57.6 Å². The molecule has 3 rings (SSSR count). The monoisotopic (exact) mass is 354 g/mol. The van der Waals surface area contributed by atoms with Crippen molar-refractivity contribution in [1.29, 1.82) is 0 Å². The Kier molecular flexibility index (Phi) is 4.99. The summed E-state index contributed by atoms with van der Waals surface area (Å²) in [5.74, 6) is -0.166. The number of ketones is 1. The van der Waals surface area contributed by atoms with Gasteiger partial charge in [-0.2, -0.15) is 0 Å². The van der Waals surface area contributed by atoms with Gasteiger partial charge in [0, 0.05) is 24.1 Å². The van der Waals surface area contributed by atoms with E-state index in [0.29, 0.717) is 23.1 Å². The lowest BCUT2D eigenvalue weighted by Gasteiger charge is -2.17. The number of hydrogen-bond donors (Lipinski definition) is 0. The number of carbonyl (C=O) groups is 1. The molecule has 3 aromatic rings. The molecule has 0 fully saturated rings. The van der Waals surface area contributed by atoms with Gasteiger partial charge in [0.2, 0.25) is 0 Å². The van der Waals surface area contributed by atoms with Crippen LogP contribution in [0.5, 0.6) is 0 Å². The molecule has 7 heteroatoms. The summed E-state index contributed by atoms with van der Waals surface area (Å²) in [6.45, 7) is 6.31. The van der Waals surface area contributed by atoms with Gasteiger partial charge in [0.05, 0.1) is 18.0 Å². The molecule has 136 valence electrons. The summed E-state index contributed by atoms with van der Waals surface area (Å²) in [6.07, 6.45) is 0. The molecule has 1 aromatic carbocycles. The lowest BCUT2D eigenvalue weighted by molar-refractivity contribution is 0.0963. The topological polar surface area (TPSA) is 79.0 Å². The molecule has 0 radical (unpaired) electrons. The van der Waals surface area contributed by atoms with E-state index in [2.05, 4.69) is 14.9 Å². The molecule has 0 saturated carbocycles. The minimum Gasteiger partial charge on any atom is -0.383 e. The van der Waals surface area contributed by atoms with Gasteiger partial charge in [0.1, 0.15) is 12.1 Å². The van der Waals surface area contributed by atoms with Gasteiger partial charge >= 0.3 is 0 Å². The Morgan fingerprint density at radius 3 is 2.73 bits per heavy atom. The van der Waals surface area contributed by atoms with Crippen LogP contribution in [0.25, 0.3) is 10.9 Å². The van der Waals surface area contributed by atoms with Gasteiger partial charge in [0.15, 0.2) is 5.78 Å². The number of benzene rings is 1. The average Bonchev–Trinajstić information content (AvgIpc) is 2.92. The van der Waals surface area contributed by atoms with Crippen LogP contribution in [0, 0.1) is 13.8 Å². The molecule has 26 heavy (non-hydrogen) atoms. The van der Waals surface area contributed by atoms with Crippen LogP contribution in [0.4, 0.5) is 0 Å². The molecular weight excluding hydrogens is 332 g/mol. The van der Waals surface area contributed by atoms with Gasteiger partial charge in [-0.3, -0.25) is 9.59 Å². The van der Waals surface area contributed by atoms with Crippen LogP contribution in [0.15, 0.2) is 35.1 Å². The second-order valence-electron chi connectivity index (χ2n) is 6.45. The third-order valence-electron chi connectivity index (χ3n) is 4.56. The van der Waals surface area contributed by atoms with Crippen LogP contribution in [-0.4, -0.2) is 39.1 Å². The zero-order chi connectivity index (χ0) is 18.8. The van der Waals surface area contributed by atoms with E-state index in [0.717, 1.165) is 16.1 Å². The van der Waals surface area contributed by atoms with Crippen LogP contribution < -0.4 is 5.56 Å². The fourth-order valence-electron chi connectivity index (χ4n) is 3.40. The molecule has 0 N–H and O–H groups in total. The van der Waals surface area contributed by atoms with Crippen LogP contribution in [0.1, 0.15) is 34.7 Å².